The van der Waals surface area contributed by atoms with Crippen molar-refractivity contribution in [1.29, 1.82) is 5.26 Å². The zero-order valence-electron chi connectivity index (χ0n) is 9.47. The minimum Gasteiger partial charge on any atom is -0.396 e. The summed E-state index contributed by atoms with van der Waals surface area (Å²) >= 11 is 0. The first-order valence-electron chi connectivity index (χ1n) is 5.66. The standard InChI is InChI=1S/C13H18N2O/c14-9-4-5-10-15(11-6-12-16)13-7-2-1-3-8-13/h1-3,7-8,16H,4-6,10-12H2. The van der Waals surface area contributed by atoms with Crippen LogP contribution in [-0.4, -0.2) is 24.8 Å². The van der Waals surface area contributed by atoms with Gasteiger partial charge in [-0.3, -0.25) is 0 Å². The Hall–Kier alpha value is -1.53. The fourth-order valence-corrected chi connectivity index (χ4v) is 1.62. The van der Waals surface area contributed by atoms with Gasteiger partial charge in [0.2, 0.25) is 0 Å². The molecule has 0 saturated heterocycles. The van der Waals surface area contributed by atoms with E-state index in [-0.39, 0.29) is 6.61 Å². The molecule has 0 atom stereocenters. The molecule has 16 heavy (non-hydrogen) atoms. The average molecular weight is 218 g/mol. The fraction of sp³-hybridized carbons (Fsp3) is 0.462. The molecule has 0 spiro atoms. The summed E-state index contributed by atoms with van der Waals surface area (Å²) < 4.78 is 0. The van der Waals surface area contributed by atoms with Gasteiger partial charge in [0.15, 0.2) is 0 Å². The zero-order valence-corrected chi connectivity index (χ0v) is 9.47. The molecule has 0 heterocycles. The van der Waals surface area contributed by atoms with Crippen LogP contribution in [0.2, 0.25) is 0 Å². The molecule has 0 unspecified atom stereocenters. The van der Waals surface area contributed by atoms with E-state index < -0.39 is 0 Å². The SMILES string of the molecule is N#CCCCN(CCCO)c1ccccc1. The van der Waals surface area contributed by atoms with Crippen LogP contribution in [0.3, 0.4) is 0 Å². The van der Waals surface area contributed by atoms with Crippen molar-refractivity contribution in [1.82, 2.24) is 0 Å². The second-order valence-corrected chi connectivity index (χ2v) is 3.66. The summed E-state index contributed by atoms with van der Waals surface area (Å²) in [5, 5.41) is 17.4. The second-order valence-electron chi connectivity index (χ2n) is 3.66. The van der Waals surface area contributed by atoms with E-state index in [4.69, 9.17) is 10.4 Å². The van der Waals surface area contributed by atoms with Crippen molar-refractivity contribution in [2.45, 2.75) is 19.3 Å². The van der Waals surface area contributed by atoms with Crippen molar-refractivity contribution in [2.24, 2.45) is 0 Å². The maximum Gasteiger partial charge on any atom is 0.0622 e. The number of hydrogen-bond acceptors (Lipinski definition) is 3. The third kappa shape index (κ3) is 4.33. The lowest BCUT2D eigenvalue weighted by Crippen LogP contribution is -2.26. The van der Waals surface area contributed by atoms with E-state index in [2.05, 4.69) is 23.1 Å². The zero-order chi connectivity index (χ0) is 11.6. The lowest BCUT2D eigenvalue weighted by Gasteiger charge is -2.24. The molecule has 0 aliphatic carbocycles. The van der Waals surface area contributed by atoms with Gasteiger partial charge in [-0.15, -0.1) is 0 Å². The molecule has 0 aliphatic heterocycles. The predicted molar refractivity (Wildman–Crippen MR) is 65.2 cm³/mol. The van der Waals surface area contributed by atoms with Crippen molar-refractivity contribution in [3.05, 3.63) is 30.3 Å². The third-order valence-electron chi connectivity index (χ3n) is 2.42. The molecular formula is C13H18N2O. The Morgan fingerprint density at radius 3 is 2.44 bits per heavy atom. The molecule has 1 rings (SSSR count). The summed E-state index contributed by atoms with van der Waals surface area (Å²) in [4.78, 5) is 2.22. The number of benzene rings is 1. The molecule has 0 fully saturated rings. The monoisotopic (exact) mass is 218 g/mol. The quantitative estimate of drug-likeness (QED) is 0.713. The number of nitrogens with zero attached hydrogens (tertiary/aromatic N) is 2. The predicted octanol–water partition coefficient (Wildman–Crippen LogP) is 2.18. The first-order valence-corrected chi connectivity index (χ1v) is 5.66. The molecule has 0 aliphatic rings. The summed E-state index contributed by atoms with van der Waals surface area (Å²) in [6.45, 7) is 1.92. The molecule has 0 amide bonds. The minimum absolute atomic E-state index is 0.210. The van der Waals surface area contributed by atoms with Gasteiger partial charge in [0.05, 0.1) is 6.07 Å². The van der Waals surface area contributed by atoms with Crippen LogP contribution in [-0.2, 0) is 0 Å². The average Bonchev–Trinajstić information content (AvgIpc) is 2.35. The van der Waals surface area contributed by atoms with Gasteiger partial charge in [0, 0.05) is 31.8 Å². The first-order chi connectivity index (χ1) is 7.88. The summed E-state index contributed by atoms with van der Waals surface area (Å²) in [6, 6.07) is 12.3. The number of rotatable bonds is 7. The van der Waals surface area contributed by atoms with Gasteiger partial charge < -0.3 is 10.0 Å². The highest BCUT2D eigenvalue weighted by molar-refractivity contribution is 5.45. The van der Waals surface area contributed by atoms with Gasteiger partial charge in [-0.25, -0.2) is 0 Å². The molecule has 0 radical (unpaired) electrons. The number of nitriles is 1. The van der Waals surface area contributed by atoms with Gasteiger partial charge in [-0.1, -0.05) is 18.2 Å². The van der Waals surface area contributed by atoms with E-state index in [1.807, 2.05) is 18.2 Å². The molecule has 1 aromatic rings. The van der Waals surface area contributed by atoms with Crippen LogP contribution in [0.5, 0.6) is 0 Å². The van der Waals surface area contributed by atoms with Gasteiger partial charge >= 0.3 is 0 Å². The largest absolute Gasteiger partial charge is 0.396 e. The van der Waals surface area contributed by atoms with Crippen LogP contribution in [0.1, 0.15) is 19.3 Å². The summed E-state index contributed by atoms with van der Waals surface area (Å²) in [6.07, 6.45) is 2.22. The normalized spacial score (nSPS) is 9.75. The maximum absolute atomic E-state index is 8.85. The van der Waals surface area contributed by atoms with Crippen LogP contribution in [0, 0.1) is 11.3 Å². The highest BCUT2D eigenvalue weighted by atomic mass is 16.3. The van der Waals surface area contributed by atoms with E-state index in [1.165, 1.54) is 0 Å². The maximum atomic E-state index is 8.85. The third-order valence-corrected chi connectivity index (χ3v) is 2.42. The van der Waals surface area contributed by atoms with Gasteiger partial charge in [0.25, 0.3) is 0 Å². The number of hydrogen-bond donors (Lipinski definition) is 1. The smallest absolute Gasteiger partial charge is 0.0622 e. The number of aliphatic hydroxyl groups is 1. The molecule has 0 bridgehead atoms. The number of unbranched alkanes of at least 4 members (excludes halogenated alkanes) is 1. The summed E-state index contributed by atoms with van der Waals surface area (Å²) in [7, 11) is 0. The molecular weight excluding hydrogens is 200 g/mol. The Morgan fingerprint density at radius 1 is 1.12 bits per heavy atom. The highest BCUT2D eigenvalue weighted by Gasteiger charge is 2.04. The number of anilines is 1. The van der Waals surface area contributed by atoms with E-state index in [1.54, 1.807) is 0 Å². The van der Waals surface area contributed by atoms with Gasteiger partial charge in [-0.2, -0.15) is 5.26 Å². The Bertz CT molecular complexity index is 318. The lowest BCUT2D eigenvalue weighted by atomic mass is 10.2. The molecule has 3 heteroatoms. The molecule has 1 N–H and O–H groups in total. The van der Waals surface area contributed by atoms with Crippen LogP contribution >= 0.6 is 0 Å². The molecule has 3 nitrogen and oxygen atoms in total. The fourth-order valence-electron chi connectivity index (χ4n) is 1.62. The summed E-state index contributed by atoms with van der Waals surface area (Å²) in [5.41, 5.74) is 1.16. The molecule has 1 aromatic carbocycles. The lowest BCUT2D eigenvalue weighted by molar-refractivity contribution is 0.289. The van der Waals surface area contributed by atoms with Crippen LogP contribution in [0.4, 0.5) is 5.69 Å². The van der Waals surface area contributed by atoms with E-state index in [0.717, 1.165) is 31.6 Å². The van der Waals surface area contributed by atoms with Gasteiger partial charge in [0.1, 0.15) is 0 Å². The Kier molecular flexibility index (Phi) is 6.05. The Labute approximate surface area is 96.9 Å². The van der Waals surface area contributed by atoms with Crippen LogP contribution in [0.25, 0.3) is 0 Å². The van der Waals surface area contributed by atoms with Crippen molar-refractivity contribution in [2.75, 3.05) is 24.6 Å². The Balaban J connectivity index is 2.53. The van der Waals surface area contributed by atoms with E-state index in [9.17, 15) is 0 Å². The van der Waals surface area contributed by atoms with Gasteiger partial charge in [-0.05, 0) is 25.0 Å². The molecule has 0 aromatic heterocycles. The Morgan fingerprint density at radius 2 is 1.81 bits per heavy atom. The van der Waals surface area contributed by atoms with Crippen molar-refractivity contribution in [3.63, 3.8) is 0 Å². The molecule has 86 valence electrons. The highest BCUT2D eigenvalue weighted by Crippen LogP contribution is 2.14. The molecule has 0 saturated carbocycles. The summed E-state index contributed by atoms with van der Waals surface area (Å²) in [5.74, 6) is 0. The number of aliphatic hydroxyl groups excluding tert-OH is 1. The van der Waals surface area contributed by atoms with Crippen LogP contribution < -0.4 is 4.90 Å². The van der Waals surface area contributed by atoms with Crippen molar-refractivity contribution < 1.29 is 5.11 Å². The van der Waals surface area contributed by atoms with E-state index >= 15 is 0 Å². The first kappa shape index (κ1) is 12.5. The van der Waals surface area contributed by atoms with Crippen LogP contribution in [0.15, 0.2) is 30.3 Å². The topological polar surface area (TPSA) is 47.3 Å². The second kappa shape index (κ2) is 7.72. The van der Waals surface area contributed by atoms with E-state index in [0.29, 0.717) is 6.42 Å². The number of para-hydroxylation sites is 1. The van der Waals surface area contributed by atoms with Crippen molar-refractivity contribution in [3.8, 4) is 6.07 Å². The van der Waals surface area contributed by atoms with Crippen molar-refractivity contribution >= 4 is 5.69 Å². The minimum atomic E-state index is 0.210.